The van der Waals surface area contributed by atoms with E-state index in [1.807, 2.05) is 19.5 Å². The Balaban J connectivity index is 1.99. The van der Waals surface area contributed by atoms with Crippen LogP contribution in [-0.4, -0.2) is 31.4 Å². The van der Waals surface area contributed by atoms with Crippen LogP contribution in [0.25, 0.3) is 0 Å². The molecule has 0 fully saturated rings. The lowest BCUT2D eigenvalue weighted by Crippen LogP contribution is -2.34. The summed E-state index contributed by atoms with van der Waals surface area (Å²) >= 11 is 1.64. The number of thiophene rings is 1. The van der Waals surface area contributed by atoms with Crippen LogP contribution in [0.2, 0.25) is 0 Å². The van der Waals surface area contributed by atoms with Crippen molar-refractivity contribution in [2.45, 2.75) is 6.04 Å². The number of nitrogens with one attached hydrogen (secondary N) is 1. The topological polar surface area (TPSA) is 32.3 Å². The minimum atomic E-state index is -0.342. The summed E-state index contributed by atoms with van der Waals surface area (Å²) in [4.78, 5) is 14.1. The summed E-state index contributed by atoms with van der Waals surface area (Å²) in [6.07, 6.45) is 0. The maximum Gasteiger partial charge on any atom is 0.251 e. The first-order valence-electron chi connectivity index (χ1n) is 6.30. The number of halogens is 1. The summed E-state index contributed by atoms with van der Waals surface area (Å²) in [5.74, 6) is -0.530. The van der Waals surface area contributed by atoms with Gasteiger partial charge in [-0.1, -0.05) is 0 Å². The lowest BCUT2D eigenvalue weighted by atomic mass is 10.1. The minimum absolute atomic E-state index is 0.130. The van der Waals surface area contributed by atoms with Crippen molar-refractivity contribution in [3.63, 3.8) is 0 Å². The predicted molar refractivity (Wildman–Crippen MR) is 79.5 cm³/mol. The van der Waals surface area contributed by atoms with E-state index >= 15 is 0 Å². The summed E-state index contributed by atoms with van der Waals surface area (Å²) < 4.78 is 12.8. The van der Waals surface area contributed by atoms with Gasteiger partial charge in [-0.05, 0) is 60.8 Å². The van der Waals surface area contributed by atoms with E-state index < -0.39 is 0 Å². The van der Waals surface area contributed by atoms with Crippen LogP contribution in [0.5, 0.6) is 0 Å². The second kappa shape index (κ2) is 6.63. The smallest absolute Gasteiger partial charge is 0.251 e. The van der Waals surface area contributed by atoms with Gasteiger partial charge >= 0.3 is 0 Å². The van der Waals surface area contributed by atoms with Gasteiger partial charge in [0, 0.05) is 12.1 Å². The van der Waals surface area contributed by atoms with E-state index in [-0.39, 0.29) is 17.8 Å². The highest BCUT2D eigenvalue weighted by molar-refractivity contribution is 7.07. The number of benzene rings is 1. The van der Waals surface area contributed by atoms with E-state index in [1.165, 1.54) is 29.8 Å². The molecule has 0 saturated heterocycles. The van der Waals surface area contributed by atoms with E-state index in [0.29, 0.717) is 12.1 Å². The van der Waals surface area contributed by atoms with E-state index in [2.05, 4.69) is 21.7 Å². The second-order valence-electron chi connectivity index (χ2n) is 4.75. The quantitative estimate of drug-likeness (QED) is 0.919. The highest BCUT2D eigenvalue weighted by Gasteiger charge is 2.16. The average Bonchev–Trinajstić information content (AvgIpc) is 2.93. The van der Waals surface area contributed by atoms with E-state index in [0.717, 1.165) is 0 Å². The molecule has 0 radical (unpaired) electrons. The van der Waals surface area contributed by atoms with Gasteiger partial charge in [0.15, 0.2) is 0 Å². The van der Waals surface area contributed by atoms with Crippen LogP contribution >= 0.6 is 11.3 Å². The Morgan fingerprint density at radius 2 is 2.00 bits per heavy atom. The molecule has 0 spiro atoms. The Labute approximate surface area is 122 Å². The lowest BCUT2D eigenvalue weighted by Gasteiger charge is -2.24. The number of likely N-dealkylation sites (N-methyl/N-ethyl adjacent to an activating group) is 1. The molecule has 0 aliphatic heterocycles. The Morgan fingerprint density at radius 1 is 1.30 bits per heavy atom. The Morgan fingerprint density at radius 3 is 2.55 bits per heavy atom. The lowest BCUT2D eigenvalue weighted by molar-refractivity contribution is 0.0942. The van der Waals surface area contributed by atoms with Crippen molar-refractivity contribution in [2.24, 2.45) is 0 Å². The number of amides is 1. The number of hydrogen-bond donors (Lipinski definition) is 1. The van der Waals surface area contributed by atoms with Crippen LogP contribution in [0.4, 0.5) is 4.39 Å². The third-order valence-corrected chi connectivity index (χ3v) is 3.82. The summed E-state index contributed by atoms with van der Waals surface area (Å²) in [6.45, 7) is 0.514. The normalized spacial score (nSPS) is 12.4. The number of nitrogens with zero attached hydrogens (tertiary/aromatic N) is 1. The van der Waals surface area contributed by atoms with Gasteiger partial charge in [0.1, 0.15) is 5.82 Å². The van der Waals surface area contributed by atoms with Crippen molar-refractivity contribution < 1.29 is 9.18 Å². The van der Waals surface area contributed by atoms with Gasteiger partial charge in [0.25, 0.3) is 5.91 Å². The molecule has 1 N–H and O–H groups in total. The van der Waals surface area contributed by atoms with Crippen LogP contribution in [0.3, 0.4) is 0 Å². The standard InChI is InChI=1S/C15H17FN2OS/c1-18(2)14(12-7-8-20-10-12)9-17-15(19)11-3-5-13(16)6-4-11/h3-8,10,14H,9H2,1-2H3,(H,17,19). The molecule has 20 heavy (non-hydrogen) atoms. The molecule has 2 aromatic rings. The van der Waals surface area contributed by atoms with Crippen molar-refractivity contribution >= 4 is 17.2 Å². The van der Waals surface area contributed by atoms with Crippen LogP contribution in [0.15, 0.2) is 41.1 Å². The van der Waals surface area contributed by atoms with E-state index in [9.17, 15) is 9.18 Å². The molecule has 0 bridgehead atoms. The molecule has 0 saturated carbocycles. The van der Waals surface area contributed by atoms with Gasteiger partial charge < -0.3 is 10.2 Å². The maximum atomic E-state index is 12.8. The van der Waals surface area contributed by atoms with Crippen molar-refractivity contribution in [3.8, 4) is 0 Å². The van der Waals surface area contributed by atoms with Gasteiger partial charge in [-0.15, -0.1) is 0 Å². The Hall–Kier alpha value is -1.72. The number of carbonyl (C=O) groups excluding carboxylic acids is 1. The zero-order valence-electron chi connectivity index (χ0n) is 11.5. The fourth-order valence-electron chi connectivity index (χ4n) is 1.96. The van der Waals surface area contributed by atoms with Crippen molar-refractivity contribution in [2.75, 3.05) is 20.6 Å². The zero-order chi connectivity index (χ0) is 14.5. The summed E-state index contributed by atoms with van der Waals surface area (Å²) in [7, 11) is 3.96. The van der Waals surface area contributed by atoms with E-state index in [1.54, 1.807) is 11.3 Å². The van der Waals surface area contributed by atoms with Gasteiger partial charge in [0.2, 0.25) is 0 Å². The minimum Gasteiger partial charge on any atom is -0.350 e. The molecule has 1 aromatic carbocycles. The molecule has 2 rings (SSSR count). The fourth-order valence-corrected chi connectivity index (χ4v) is 2.66. The molecule has 1 amide bonds. The molecule has 1 unspecified atom stereocenters. The third-order valence-electron chi connectivity index (χ3n) is 3.11. The SMILES string of the molecule is CN(C)C(CNC(=O)c1ccc(F)cc1)c1ccsc1. The molecule has 1 atom stereocenters. The van der Waals surface area contributed by atoms with Gasteiger partial charge in [0.05, 0.1) is 6.04 Å². The van der Waals surface area contributed by atoms with Crippen LogP contribution in [-0.2, 0) is 0 Å². The maximum absolute atomic E-state index is 12.8. The fraction of sp³-hybridized carbons (Fsp3) is 0.267. The summed E-state index contributed by atoms with van der Waals surface area (Å²) in [5.41, 5.74) is 1.65. The molecule has 1 heterocycles. The Bertz CT molecular complexity index is 552. The molecule has 106 valence electrons. The molecular weight excluding hydrogens is 275 g/mol. The molecule has 5 heteroatoms. The van der Waals surface area contributed by atoms with Crippen molar-refractivity contribution in [1.29, 1.82) is 0 Å². The first kappa shape index (κ1) is 14.7. The van der Waals surface area contributed by atoms with Crippen LogP contribution < -0.4 is 5.32 Å². The van der Waals surface area contributed by atoms with Gasteiger partial charge in [-0.25, -0.2) is 4.39 Å². The Kier molecular flexibility index (Phi) is 4.87. The predicted octanol–water partition coefficient (Wildman–Crippen LogP) is 2.92. The largest absolute Gasteiger partial charge is 0.350 e. The van der Waals surface area contributed by atoms with Gasteiger partial charge in [-0.3, -0.25) is 4.79 Å². The first-order valence-corrected chi connectivity index (χ1v) is 7.24. The second-order valence-corrected chi connectivity index (χ2v) is 5.53. The molecule has 0 aliphatic carbocycles. The highest BCUT2D eigenvalue weighted by atomic mass is 32.1. The van der Waals surface area contributed by atoms with Gasteiger partial charge in [-0.2, -0.15) is 11.3 Å². The average molecular weight is 292 g/mol. The number of hydrogen-bond acceptors (Lipinski definition) is 3. The summed E-state index contributed by atoms with van der Waals surface area (Å²) in [5, 5.41) is 6.99. The highest BCUT2D eigenvalue weighted by Crippen LogP contribution is 2.20. The molecule has 0 aliphatic rings. The van der Waals surface area contributed by atoms with Crippen LogP contribution in [0.1, 0.15) is 22.0 Å². The van der Waals surface area contributed by atoms with Crippen LogP contribution in [0, 0.1) is 5.82 Å². The third kappa shape index (κ3) is 3.65. The zero-order valence-corrected chi connectivity index (χ0v) is 12.3. The first-order chi connectivity index (χ1) is 9.58. The number of carbonyl (C=O) groups is 1. The molecule has 3 nitrogen and oxygen atoms in total. The summed E-state index contributed by atoms with van der Waals surface area (Å²) in [6, 6.07) is 7.74. The van der Waals surface area contributed by atoms with Crippen molar-refractivity contribution in [3.05, 3.63) is 58.0 Å². The monoisotopic (exact) mass is 292 g/mol. The number of rotatable bonds is 5. The van der Waals surface area contributed by atoms with Crippen molar-refractivity contribution in [1.82, 2.24) is 10.2 Å². The van der Waals surface area contributed by atoms with E-state index in [4.69, 9.17) is 0 Å². The molecule has 1 aromatic heterocycles. The molecular formula is C15H17FN2OS.